The summed E-state index contributed by atoms with van der Waals surface area (Å²) in [5, 5.41) is 5.04. The highest BCUT2D eigenvalue weighted by molar-refractivity contribution is 9.10. The van der Waals surface area contributed by atoms with Gasteiger partial charge in [0.25, 0.3) is 0 Å². The lowest BCUT2D eigenvalue weighted by atomic mass is 10.1. The summed E-state index contributed by atoms with van der Waals surface area (Å²) in [4.78, 5) is 36.1. The highest BCUT2D eigenvalue weighted by Gasteiger charge is 2.26. The van der Waals surface area contributed by atoms with Crippen LogP contribution in [0.25, 0.3) is 0 Å². The van der Waals surface area contributed by atoms with Crippen LogP contribution in [0, 0.1) is 0 Å². The molecule has 0 unspecified atom stereocenters. The number of carbonyl (C=O) groups excluding carboxylic acids is 3. The van der Waals surface area contributed by atoms with Crippen molar-refractivity contribution in [2.45, 2.75) is 51.8 Å². The molecular weight excluding hydrogens is 404 g/mol. The van der Waals surface area contributed by atoms with Crippen LogP contribution in [-0.4, -0.2) is 42.8 Å². The van der Waals surface area contributed by atoms with Gasteiger partial charge in [-0.1, -0.05) is 28.1 Å². The maximum Gasteiger partial charge on any atom is 0.408 e. The lowest BCUT2D eigenvalue weighted by Crippen LogP contribution is -2.51. The van der Waals surface area contributed by atoms with Gasteiger partial charge in [0.05, 0.1) is 7.11 Å². The molecule has 0 aliphatic rings. The summed E-state index contributed by atoms with van der Waals surface area (Å²) in [7, 11) is 1.26. The second-order valence-corrected chi connectivity index (χ2v) is 7.70. The van der Waals surface area contributed by atoms with E-state index < -0.39 is 35.7 Å². The first-order valence-electron chi connectivity index (χ1n) is 8.14. The van der Waals surface area contributed by atoms with Crippen molar-refractivity contribution in [2.75, 3.05) is 7.11 Å². The molecule has 1 aromatic carbocycles. The smallest absolute Gasteiger partial charge is 0.408 e. The third kappa shape index (κ3) is 7.86. The molecule has 0 heterocycles. The van der Waals surface area contributed by atoms with Crippen LogP contribution in [0.5, 0.6) is 0 Å². The van der Waals surface area contributed by atoms with Crippen LogP contribution in [0.15, 0.2) is 28.7 Å². The van der Waals surface area contributed by atoms with E-state index >= 15 is 0 Å². The number of ether oxygens (including phenoxy) is 2. The summed E-state index contributed by atoms with van der Waals surface area (Å²) in [5.41, 5.74) is 0.188. The first-order chi connectivity index (χ1) is 12.0. The predicted octanol–water partition coefficient (Wildman–Crippen LogP) is 2.56. The number of nitrogens with one attached hydrogen (secondary N) is 2. The third-order valence-corrected chi connectivity index (χ3v) is 3.81. The fourth-order valence-electron chi connectivity index (χ4n) is 2.04. The number of hydrogen-bond donors (Lipinski definition) is 2. The predicted molar refractivity (Wildman–Crippen MR) is 101 cm³/mol. The van der Waals surface area contributed by atoms with Gasteiger partial charge in [-0.3, -0.25) is 4.79 Å². The van der Waals surface area contributed by atoms with Gasteiger partial charge in [-0.2, -0.15) is 0 Å². The van der Waals surface area contributed by atoms with E-state index in [1.165, 1.54) is 14.0 Å². The van der Waals surface area contributed by atoms with E-state index in [2.05, 4.69) is 26.6 Å². The number of rotatable bonds is 6. The highest BCUT2D eigenvalue weighted by Crippen LogP contribution is 2.12. The van der Waals surface area contributed by atoms with Crippen LogP contribution in [0.1, 0.15) is 33.3 Å². The molecule has 1 aromatic rings. The molecule has 0 bridgehead atoms. The van der Waals surface area contributed by atoms with Gasteiger partial charge in [0, 0.05) is 10.9 Å². The van der Waals surface area contributed by atoms with Crippen LogP contribution in [0.3, 0.4) is 0 Å². The number of halogens is 1. The van der Waals surface area contributed by atoms with Crippen molar-refractivity contribution in [1.82, 2.24) is 10.6 Å². The molecule has 0 aliphatic carbocycles. The Morgan fingerprint density at radius 1 is 1.12 bits per heavy atom. The monoisotopic (exact) mass is 428 g/mol. The van der Waals surface area contributed by atoms with Gasteiger partial charge >= 0.3 is 12.1 Å². The second kappa shape index (κ2) is 9.56. The average molecular weight is 429 g/mol. The van der Waals surface area contributed by atoms with Crippen molar-refractivity contribution in [3.8, 4) is 0 Å². The van der Waals surface area contributed by atoms with Gasteiger partial charge in [0.2, 0.25) is 5.91 Å². The standard InChI is InChI=1S/C18H25BrN2O5/c1-11(20-17(24)26-18(2,3)4)15(22)21-14(16(23)25-5)10-12-6-8-13(19)9-7-12/h6-9,11,14H,10H2,1-5H3,(H,20,24)(H,21,22)/t11-,14-/m0/s1. The summed E-state index contributed by atoms with van der Waals surface area (Å²) in [6.07, 6.45) is -0.437. The van der Waals surface area contributed by atoms with E-state index in [1.807, 2.05) is 24.3 Å². The normalized spacial score (nSPS) is 13.3. The molecule has 7 nitrogen and oxygen atoms in total. The van der Waals surface area contributed by atoms with Crippen molar-refractivity contribution in [3.63, 3.8) is 0 Å². The fraction of sp³-hybridized carbons (Fsp3) is 0.500. The molecule has 0 aromatic heterocycles. The Bertz CT molecular complexity index is 640. The van der Waals surface area contributed by atoms with Crippen molar-refractivity contribution < 1.29 is 23.9 Å². The third-order valence-electron chi connectivity index (χ3n) is 3.28. The zero-order chi connectivity index (χ0) is 19.9. The SMILES string of the molecule is COC(=O)[C@H](Cc1ccc(Br)cc1)NC(=O)[C@H](C)NC(=O)OC(C)(C)C. The van der Waals surface area contributed by atoms with Crippen molar-refractivity contribution in [3.05, 3.63) is 34.3 Å². The lowest BCUT2D eigenvalue weighted by Gasteiger charge is -2.23. The highest BCUT2D eigenvalue weighted by atomic mass is 79.9. The van der Waals surface area contributed by atoms with Crippen LogP contribution in [0.2, 0.25) is 0 Å². The molecule has 2 atom stereocenters. The fourth-order valence-corrected chi connectivity index (χ4v) is 2.30. The molecule has 26 heavy (non-hydrogen) atoms. The van der Waals surface area contributed by atoms with Crippen LogP contribution in [-0.2, 0) is 25.5 Å². The number of esters is 1. The summed E-state index contributed by atoms with van der Waals surface area (Å²) >= 11 is 3.34. The van der Waals surface area contributed by atoms with Crippen LogP contribution < -0.4 is 10.6 Å². The Kier molecular flexibility index (Phi) is 8.08. The van der Waals surface area contributed by atoms with Gasteiger partial charge in [-0.05, 0) is 45.4 Å². The van der Waals surface area contributed by atoms with Crippen molar-refractivity contribution >= 4 is 33.9 Å². The first-order valence-corrected chi connectivity index (χ1v) is 8.93. The number of hydrogen-bond acceptors (Lipinski definition) is 5. The summed E-state index contributed by atoms with van der Waals surface area (Å²) in [6.45, 7) is 6.68. The van der Waals surface area contributed by atoms with Gasteiger partial charge in [-0.25, -0.2) is 9.59 Å². The number of benzene rings is 1. The van der Waals surface area contributed by atoms with Crippen LogP contribution >= 0.6 is 15.9 Å². The van der Waals surface area contributed by atoms with E-state index in [-0.39, 0.29) is 6.42 Å². The summed E-state index contributed by atoms with van der Waals surface area (Å²) < 4.78 is 10.8. The minimum absolute atomic E-state index is 0.269. The van der Waals surface area contributed by atoms with E-state index in [0.717, 1.165) is 10.0 Å². The molecule has 144 valence electrons. The maximum atomic E-state index is 12.3. The topological polar surface area (TPSA) is 93.7 Å². The second-order valence-electron chi connectivity index (χ2n) is 6.78. The first kappa shape index (κ1) is 22.0. The van der Waals surface area contributed by atoms with E-state index in [9.17, 15) is 14.4 Å². The van der Waals surface area contributed by atoms with E-state index in [4.69, 9.17) is 9.47 Å². The summed E-state index contributed by atoms with van der Waals surface area (Å²) in [6, 6.07) is 5.64. The van der Waals surface area contributed by atoms with E-state index in [1.54, 1.807) is 20.8 Å². The van der Waals surface area contributed by atoms with Gasteiger partial charge < -0.3 is 20.1 Å². The maximum absolute atomic E-state index is 12.3. The molecular formula is C18H25BrN2O5. The van der Waals surface area contributed by atoms with Crippen LogP contribution in [0.4, 0.5) is 4.79 Å². The molecule has 1 rings (SSSR count). The molecule has 0 radical (unpaired) electrons. The largest absolute Gasteiger partial charge is 0.467 e. The molecule has 0 saturated heterocycles. The minimum atomic E-state index is -0.873. The lowest BCUT2D eigenvalue weighted by molar-refractivity contribution is -0.145. The Morgan fingerprint density at radius 3 is 2.19 bits per heavy atom. The number of carbonyl (C=O) groups is 3. The van der Waals surface area contributed by atoms with Gasteiger partial charge in [0.15, 0.2) is 0 Å². The van der Waals surface area contributed by atoms with E-state index in [0.29, 0.717) is 0 Å². The Balaban J connectivity index is 2.71. The zero-order valence-electron chi connectivity index (χ0n) is 15.6. The molecule has 2 amide bonds. The molecule has 8 heteroatoms. The Labute approximate surface area is 161 Å². The van der Waals surface area contributed by atoms with Gasteiger partial charge in [0.1, 0.15) is 17.7 Å². The Morgan fingerprint density at radius 2 is 1.69 bits per heavy atom. The van der Waals surface area contributed by atoms with Gasteiger partial charge in [-0.15, -0.1) is 0 Å². The zero-order valence-corrected chi connectivity index (χ0v) is 17.2. The molecule has 0 saturated carbocycles. The number of amides is 2. The summed E-state index contributed by atoms with van der Waals surface area (Å²) in [5.74, 6) is -1.07. The Hall–Kier alpha value is -2.09. The molecule has 0 fully saturated rings. The number of methoxy groups -OCH3 is 1. The molecule has 2 N–H and O–H groups in total. The van der Waals surface area contributed by atoms with Crippen molar-refractivity contribution in [2.24, 2.45) is 0 Å². The number of alkyl carbamates (subject to hydrolysis) is 1. The van der Waals surface area contributed by atoms with Crippen molar-refractivity contribution in [1.29, 1.82) is 0 Å². The quantitative estimate of drug-likeness (QED) is 0.678. The average Bonchev–Trinajstić information content (AvgIpc) is 2.53. The molecule has 0 aliphatic heterocycles. The molecule has 0 spiro atoms. The minimum Gasteiger partial charge on any atom is -0.467 e.